The van der Waals surface area contributed by atoms with Gasteiger partial charge in [0, 0.05) is 22.4 Å². The molecule has 2 rings (SSSR count). The average molecular weight is 461 g/mol. The van der Waals surface area contributed by atoms with Crippen LogP contribution in [0.3, 0.4) is 0 Å². The lowest BCUT2D eigenvalue weighted by Crippen LogP contribution is -2.48. The van der Waals surface area contributed by atoms with Gasteiger partial charge in [-0.15, -0.1) is 0 Å². The smallest absolute Gasteiger partial charge is 0.266 e. The van der Waals surface area contributed by atoms with Crippen molar-refractivity contribution in [2.45, 2.75) is 19.9 Å². The number of likely N-dealkylation sites (N-methyl/N-ethyl adjacent to an activating group) is 1. The fourth-order valence-electron chi connectivity index (χ4n) is 2.87. The Morgan fingerprint density at radius 1 is 0.912 bits per heavy atom. The van der Waals surface area contributed by atoms with Crippen LogP contribution in [-0.2, 0) is 9.59 Å². The van der Waals surface area contributed by atoms with Crippen molar-refractivity contribution in [2.75, 3.05) is 26.0 Å². The number of carbonyl (C=O) groups excluding carboxylic acids is 3. The van der Waals surface area contributed by atoms with E-state index < -0.39 is 17.9 Å². The minimum absolute atomic E-state index is 0.0893. The highest BCUT2D eigenvalue weighted by molar-refractivity contribution is 5.97. The molecule has 2 aromatic carbocycles. The van der Waals surface area contributed by atoms with Gasteiger partial charge in [0.15, 0.2) is 0 Å². The number of benzene rings is 2. The highest BCUT2D eigenvalue weighted by Crippen LogP contribution is 2.09. The summed E-state index contributed by atoms with van der Waals surface area (Å²) < 4.78 is 0. The topological polar surface area (TPSA) is 111 Å². The van der Waals surface area contributed by atoms with Gasteiger partial charge in [-0.25, -0.2) is 5.48 Å². The van der Waals surface area contributed by atoms with Crippen molar-refractivity contribution in [2.24, 2.45) is 5.92 Å². The SMILES string of the molecule is CC(C)[C@H](NC(=O)c1ccc(C#CC#Cc2ccc(NC(=O)CN(C)C)cc2)cc1)C(=O)NO. The first-order valence-electron chi connectivity index (χ1n) is 10.6. The molecule has 0 aliphatic heterocycles. The van der Waals surface area contributed by atoms with Crippen LogP contribution < -0.4 is 16.1 Å². The summed E-state index contributed by atoms with van der Waals surface area (Å²) in [5.41, 5.74) is 4.07. The van der Waals surface area contributed by atoms with Crippen molar-refractivity contribution in [3.8, 4) is 23.7 Å². The van der Waals surface area contributed by atoms with Crippen LogP contribution in [0.4, 0.5) is 5.69 Å². The second-order valence-electron chi connectivity index (χ2n) is 8.11. The third-order valence-corrected chi connectivity index (χ3v) is 4.60. The minimum atomic E-state index is -0.851. The lowest BCUT2D eigenvalue weighted by atomic mass is 10.0. The summed E-state index contributed by atoms with van der Waals surface area (Å²) >= 11 is 0. The van der Waals surface area contributed by atoms with E-state index in [0.29, 0.717) is 23.4 Å². The Balaban J connectivity index is 1.96. The number of hydrogen-bond acceptors (Lipinski definition) is 5. The summed E-state index contributed by atoms with van der Waals surface area (Å²) in [4.78, 5) is 37.6. The van der Waals surface area contributed by atoms with E-state index in [-0.39, 0.29) is 11.8 Å². The summed E-state index contributed by atoms with van der Waals surface area (Å²) in [6.07, 6.45) is 0. The zero-order valence-electron chi connectivity index (χ0n) is 19.6. The third-order valence-electron chi connectivity index (χ3n) is 4.60. The molecule has 0 spiro atoms. The molecule has 0 radical (unpaired) electrons. The van der Waals surface area contributed by atoms with Crippen LogP contribution in [-0.4, -0.2) is 54.5 Å². The molecule has 0 aromatic heterocycles. The molecule has 34 heavy (non-hydrogen) atoms. The van der Waals surface area contributed by atoms with Crippen molar-refractivity contribution in [3.63, 3.8) is 0 Å². The predicted molar refractivity (Wildman–Crippen MR) is 130 cm³/mol. The molecule has 0 unspecified atom stereocenters. The fraction of sp³-hybridized carbons (Fsp3) is 0.269. The molecule has 0 bridgehead atoms. The fourth-order valence-corrected chi connectivity index (χ4v) is 2.87. The van der Waals surface area contributed by atoms with E-state index in [9.17, 15) is 14.4 Å². The van der Waals surface area contributed by atoms with Gasteiger partial charge in [0.1, 0.15) is 6.04 Å². The van der Waals surface area contributed by atoms with Gasteiger partial charge in [-0.2, -0.15) is 0 Å². The zero-order chi connectivity index (χ0) is 25.1. The van der Waals surface area contributed by atoms with Gasteiger partial charge in [0.05, 0.1) is 6.54 Å². The van der Waals surface area contributed by atoms with Crippen molar-refractivity contribution in [1.29, 1.82) is 0 Å². The molecular formula is C26H28N4O4. The first kappa shape index (κ1) is 26.1. The first-order valence-corrected chi connectivity index (χ1v) is 10.6. The Morgan fingerprint density at radius 2 is 1.44 bits per heavy atom. The van der Waals surface area contributed by atoms with Gasteiger partial charge < -0.3 is 15.5 Å². The average Bonchev–Trinajstić information content (AvgIpc) is 2.80. The number of carbonyl (C=O) groups is 3. The van der Waals surface area contributed by atoms with Crippen LogP contribution in [0, 0.1) is 29.6 Å². The second-order valence-corrected chi connectivity index (χ2v) is 8.11. The zero-order valence-corrected chi connectivity index (χ0v) is 19.6. The largest absolute Gasteiger partial charge is 0.340 e. The highest BCUT2D eigenvalue weighted by atomic mass is 16.5. The Hall–Kier alpha value is -4.11. The Labute approximate surface area is 199 Å². The molecule has 0 fully saturated rings. The summed E-state index contributed by atoms with van der Waals surface area (Å²) in [6, 6.07) is 12.9. The maximum absolute atomic E-state index is 12.4. The number of nitrogens with zero attached hydrogens (tertiary/aromatic N) is 1. The van der Waals surface area contributed by atoms with Crippen LogP contribution in [0.15, 0.2) is 48.5 Å². The number of amides is 3. The van der Waals surface area contributed by atoms with E-state index in [1.165, 1.54) is 0 Å². The molecule has 8 nitrogen and oxygen atoms in total. The van der Waals surface area contributed by atoms with Crippen LogP contribution >= 0.6 is 0 Å². The van der Waals surface area contributed by atoms with E-state index in [2.05, 4.69) is 34.3 Å². The molecule has 1 atom stereocenters. The van der Waals surface area contributed by atoms with Crippen LogP contribution in [0.5, 0.6) is 0 Å². The lowest BCUT2D eigenvalue weighted by Gasteiger charge is -2.20. The van der Waals surface area contributed by atoms with Gasteiger partial charge in [0.25, 0.3) is 11.8 Å². The molecule has 0 saturated heterocycles. The third kappa shape index (κ3) is 8.44. The second kappa shape index (κ2) is 12.8. The van der Waals surface area contributed by atoms with Gasteiger partial charge in [-0.05, 0) is 80.4 Å². The van der Waals surface area contributed by atoms with Crippen molar-refractivity contribution in [1.82, 2.24) is 15.7 Å². The first-order chi connectivity index (χ1) is 16.2. The number of nitrogens with one attached hydrogen (secondary N) is 3. The maximum atomic E-state index is 12.4. The van der Waals surface area contributed by atoms with Crippen LogP contribution in [0.1, 0.15) is 35.3 Å². The molecule has 0 aliphatic rings. The highest BCUT2D eigenvalue weighted by Gasteiger charge is 2.24. The quantitative estimate of drug-likeness (QED) is 0.286. The number of hydrogen-bond donors (Lipinski definition) is 4. The summed E-state index contributed by atoms with van der Waals surface area (Å²) in [5, 5.41) is 14.2. The van der Waals surface area contributed by atoms with Gasteiger partial charge in [-0.1, -0.05) is 25.7 Å². The van der Waals surface area contributed by atoms with E-state index in [0.717, 1.165) is 5.56 Å². The molecule has 2 aromatic rings. The molecule has 8 heteroatoms. The normalized spacial score (nSPS) is 10.9. The Kier molecular flexibility index (Phi) is 9.85. The summed E-state index contributed by atoms with van der Waals surface area (Å²) in [7, 11) is 3.66. The van der Waals surface area contributed by atoms with Crippen molar-refractivity contribution in [3.05, 3.63) is 65.2 Å². The molecule has 0 aliphatic carbocycles. The lowest BCUT2D eigenvalue weighted by molar-refractivity contribution is -0.132. The van der Waals surface area contributed by atoms with Crippen LogP contribution in [0.25, 0.3) is 0 Å². The van der Waals surface area contributed by atoms with E-state index >= 15 is 0 Å². The standard InChI is InChI=1S/C26H28N4O4/c1-18(2)24(26(33)29-34)28-25(32)21-13-9-19(10-14-21)7-5-6-8-20-11-15-22(16-12-20)27-23(31)17-30(3)4/h9-16,18,24,34H,17H2,1-4H3,(H,27,31)(H,28,32)(H,29,33)/t24-/m0/s1. The molecule has 176 valence electrons. The maximum Gasteiger partial charge on any atom is 0.266 e. The number of hydroxylamine groups is 1. The summed E-state index contributed by atoms with van der Waals surface area (Å²) in [5.74, 6) is 10.0. The predicted octanol–water partition coefficient (Wildman–Crippen LogP) is 1.85. The van der Waals surface area contributed by atoms with Crippen LogP contribution in [0.2, 0.25) is 0 Å². The van der Waals surface area contributed by atoms with Gasteiger partial charge in [0.2, 0.25) is 5.91 Å². The van der Waals surface area contributed by atoms with Crippen molar-refractivity contribution >= 4 is 23.4 Å². The molecule has 4 N–H and O–H groups in total. The molecule has 3 amide bonds. The van der Waals surface area contributed by atoms with Crippen molar-refractivity contribution < 1.29 is 19.6 Å². The molecule has 0 saturated carbocycles. The van der Waals surface area contributed by atoms with E-state index in [4.69, 9.17) is 5.21 Å². The van der Waals surface area contributed by atoms with E-state index in [1.54, 1.807) is 72.8 Å². The molecular weight excluding hydrogens is 432 g/mol. The number of anilines is 1. The van der Waals surface area contributed by atoms with E-state index in [1.807, 2.05) is 14.1 Å². The van der Waals surface area contributed by atoms with Gasteiger partial charge in [-0.3, -0.25) is 19.6 Å². The monoisotopic (exact) mass is 460 g/mol. The molecule has 0 heterocycles. The summed E-state index contributed by atoms with van der Waals surface area (Å²) in [6.45, 7) is 3.83. The van der Waals surface area contributed by atoms with Gasteiger partial charge >= 0.3 is 0 Å². The minimum Gasteiger partial charge on any atom is -0.340 e. The Morgan fingerprint density at radius 3 is 1.91 bits per heavy atom. The Bertz CT molecular complexity index is 1130. The number of rotatable bonds is 7.